The van der Waals surface area contributed by atoms with E-state index in [9.17, 15) is 27.6 Å². The van der Waals surface area contributed by atoms with Crippen molar-refractivity contribution in [1.82, 2.24) is 15.1 Å². The highest BCUT2D eigenvalue weighted by Crippen LogP contribution is 2.36. The molecule has 12 heteroatoms. The normalized spacial score (nSPS) is 15.9. The van der Waals surface area contributed by atoms with E-state index in [1.54, 1.807) is 24.3 Å². The van der Waals surface area contributed by atoms with Gasteiger partial charge < -0.3 is 25.5 Å². The molecule has 8 nitrogen and oxygen atoms in total. The average Bonchev–Trinajstić information content (AvgIpc) is 2.89. The number of piperidine rings is 1. The molecule has 1 aliphatic heterocycles. The van der Waals surface area contributed by atoms with Gasteiger partial charge in [-0.2, -0.15) is 13.2 Å². The van der Waals surface area contributed by atoms with Gasteiger partial charge in [-0.3, -0.25) is 9.59 Å². The molecule has 0 aliphatic carbocycles. The number of carboxylic acid groups (broad SMARTS) is 1. The van der Waals surface area contributed by atoms with Gasteiger partial charge in [-0.25, -0.2) is 4.79 Å². The standard InChI is InChI=1S/C28H34ClF3N4O4/c1-19-5-2-3-14-35(19)15-4-16-36(27(40)34-22-10-11-24(29)23(17-22)28(30,31)32)18-20-6-8-21(9-7-20)26(39)33-13-12-25(37)38/h6-11,17,19H,2-5,12-16,18H2,1H3,(H,33,39)(H,34,40)(H,37,38). The van der Waals surface area contributed by atoms with Crippen LogP contribution in [0.1, 0.15) is 60.5 Å². The maximum atomic E-state index is 13.3. The van der Waals surface area contributed by atoms with Crippen LogP contribution >= 0.6 is 11.6 Å². The summed E-state index contributed by atoms with van der Waals surface area (Å²) in [5.41, 5.74) is 0.000291. The minimum absolute atomic E-state index is 0.000251. The Bertz CT molecular complexity index is 1180. The number of carbonyl (C=O) groups is 3. The summed E-state index contributed by atoms with van der Waals surface area (Å²) in [4.78, 5) is 40.0. The third-order valence-corrected chi connectivity index (χ3v) is 7.17. The molecular formula is C28H34ClF3N4O4. The number of urea groups is 1. The van der Waals surface area contributed by atoms with Crippen LogP contribution in [0.15, 0.2) is 42.5 Å². The number of rotatable bonds is 11. The molecule has 0 aromatic heterocycles. The lowest BCUT2D eigenvalue weighted by Gasteiger charge is -2.34. The molecule has 3 rings (SSSR count). The zero-order chi connectivity index (χ0) is 29.3. The van der Waals surface area contributed by atoms with Crippen molar-refractivity contribution >= 4 is 35.2 Å². The number of carboxylic acids is 1. The van der Waals surface area contributed by atoms with E-state index < -0.39 is 34.7 Å². The van der Waals surface area contributed by atoms with Crippen molar-refractivity contribution in [2.45, 2.75) is 57.8 Å². The largest absolute Gasteiger partial charge is 0.481 e. The van der Waals surface area contributed by atoms with Crippen molar-refractivity contribution in [2.24, 2.45) is 0 Å². The number of nitrogens with one attached hydrogen (secondary N) is 2. The van der Waals surface area contributed by atoms with Crippen LogP contribution < -0.4 is 10.6 Å². The molecule has 1 atom stereocenters. The van der Waals surface area contributed by atoms with E-state index in [0.717, 1.165) is 43.6 Å². The molecule has 0 bridgehead atoms. The first kappa shape index (κ1) is 31.2. The lowest BCUT2D eigenvalue weighted by atomic mass is 10.0. The predicted molar refractivity (Wildman–Crippen MR) is 146 cm³/mol. The van der Waals surface area contributed by atoms with Gasteiger partial charge >= 0.3 is 18.2 Å². The summed E-state index contributed by atoms with van der Waals surface area (Å²) in [5, 5.41) is 13.4. The zero-order valence-electron chi connectivity index (χ0n) is 22.3. The van der Waals surface area contributed by atoms with Gasteiger partial charge in [-0.15, -0.1) is 0 Å². The lowest BCUT2D eigenvalue weighted by Crippen LogP contribution is -2.40. The number of anilines is 1. The van der Waals surface area contributed by atoms with Crippen LogP contribution in [-0.4, -0.2) is 65.0 Å². The highest BCUT2D eigenvalue weighted by Gasteiger charge is 2.33. The molecule has 2 aromatic rings. The Morgan fingerprint density at radius 2 is 1.85 bits per heavy atom. The third kappa shape index (κ3) is 9.41. The van der Waals surface area contributed by atoms with Crippen LogP contribution in [0.2, 0.25) is 5.02 Å². The van der Waals surface area contributed by atoms with E-state index in [0.29, 0.717) is 24.6 Å². The van der Waals surface area contributed by atoms with Crippen LogP contribution in [0.25, 0.3) is 0 Å². The number of halogens is 4. The molecule has 0 spiro atoms. The number of hydrogen-bond donors (Lipinski definition) is 3. The fraction of sp³-hybridized carbons (Fsp3) is 0.464. The molecule has 218 valence electrons. The summed E-state index contributed by atoms with van der Waals surface area (Å²) < 4.78 is 39.9. The zero-order valence-corrected chi connectivity index (χ0v) is 23.0. The quantitative estimate of drug-likeness (QED) is 0.308. The molecule has 2 aromatic carbocycles. The molecule has 3 N–H and O–H groups in total. The predicted octanol–water partition coefficient (Wildman–Crippen LogP) is 5.86. The minimum Gasteiger partial charge on any atom is -0.481 e. The Balaban J connectivity index is 1.70. The summed E-state index contributed by atoms with van der Waals surface area (Å²) >= 11 is 5.72. The minimum atomic E-state index is -4.66. The molecule has 3 amide bonds. The van der Waals surface area contributed by atoms with Gasteiger partial charge in [-0.1, -0.05) is 30.2 Å². The van der Waals surface area contributed by atoms with E-state index in [1.807, 2.05) is 0 Å². The van der Waals surface area contributed by atoms with Gasteiger partial charge in [0.15, 0.2) is 0 Å². The molecular weight excluding hydrogens is 549 g/mol. The van der Waals surface area contributed by atoms with E-state index >= 15 is 0 Å². The molecule has 1 unspecified atom stereocenters. The maximum Gasteiger partial charge on any atom is 0.417 e. The fourth-order valence-electron chi connectivity index (χ4n) is 4.60. The smallest absolute Gasteiger partial charge is 0.417 e. The van der Waals surface area contributed by atoms with E-state index in [2.05, 4.69) is 22.5 Å². The van der Waals surface area contributed by atoms with Gasteiger partial charge in [0.1, 0.15) is 0 Å². The number of amides is 3. The number of carbonyl (C=O) groups excluding carboxylic acids is 2. The number of likely N-dealkylation sites (tertiary alicyclic amines) is 1. The fourth-order valence-corrected chi connectivity index (χ4v) is 4.82. The van der Waals surface area contributed by atoms with Crippen LogP contribution in [0.4, 0.5) is 23.7 Å². The Hall–Kier alpha value is -3.31. The number of aliphatic carboxylic acids is 1. The molecule has 1 aliphatic rings. The Labute approximate surface area is 236 Å². The Morgan fingerprint density at radius 3 is 2.50 bits per heavy atom. The lowest BCUT2D eigenvalue weighted by molar-refractivity contribution is -0.138. The van der Waals surface area contributed by atoms with E-state index in [1.165, 1.54) is 17.4 Å². The van der Waals surface area contributed by atoms with Crippen molar-refractivity contribution in [1.29, 1.82) is 0 Å². The maximum absolute atomic E-state index is 13.3. The van der Waals surface area contributed by atoms with E-state index in [4.69, 9.17) is 16.7 Å². The molecule has 1 fully saturated rings. The van der Waals surface area contributed by atoms with Crippen LogP contribution in [0.5, 0.6) is 0 Å². The number of benzene rings is 2. The Morgan fingerprint density at radius 1 is 1.12 bits per heavy atom. The molecule has 1 heterocycles. The average molecular weight is 583 g/mol. The summed E-state index contributed by atoms with van der Waals surface area (Å²) in [6, 6.07) is 9.65. The highest BCUT2D eigenvalue weighted by molar-refractivity contribution is 6.31. The topological polar surface area (TPSA) is 102 Å². The SMILES string of the molecule is CC1CCCCN1CCCN(Cc1ccc(C(=O)NCCC(=O)O)cc1)C(=O)Nc1ccc(Cl)c(C(F)(F)F)c1. The molecule has 0 saturated carbocycles. The van der Waals surface area contributed by atoms with Gasteiger partial charge in [0, 0.05) is 43.5 Å². The number of alkyl halides is 3. The Kier molecular flexibility index (Phi) is 11.2. The second kappa shape index (κ2) is 14.4. The first-order valence-electron chi connectivity index (χ1n) is 13.2. The number of nitrogens with zero attached hydrogens (tertiary/aromatic N) is 2. The summed E-state index contributed by atoms with van der Waals surface area (Å²) in [7, 11) is 0. The van der Waals surface area contributed by atoms with Gasteiger partial charge in [0.25, 0.3) is 5.91 Å². The van der Waals surface area contributed by atoms with Crippen molar-refractivity contribution in [3.63, 3.8) is 0 Å². The van der Waals surface area contributed by atoms with Gasteiger partial charge in [0.2, 0.25) is 0 Å². The van der Waals surface area contributed by atoms with Crippen LogP contribution in [0.3, 0.4) is 0 Å². The number of hydrogen-bond acceptors (Lipinski definition) is 4. The van der Waals surface area contributed by atoms with Gasteiger partial charge in [0.05, 0.1) is 17.0 Å². The monoisotopic (exact) mass is 582 g/mol. The first-order valence-corrected chi connectivity index (χ1v) is 13.6. The third-order valence-electron chi connectivity index (χ3n) is 6.84. The van der Waals surface area contributed by atoms with Crippen molar-refractivity contribution < 1.29 is 32.7 Å². The highest BCUT2D eigenvalue weighted by atomic mass is 35.5. The van der Waals surface area contributed by atoms with Crippen molar-refractivity contribution in [3.05, 3.63) is 64.2 Å². The molecule has 0 radical (unpaired) electrons. The van der Waals surface area contributed by atoms with Crippen LogP contribution in [0, 0.1) is 0 Å². The second-order valence-corrected chi connectivity index (χ2v) is 10.3. The van der Waals surface area contributed by atoms with Gasteiger partial charge in [-0.05, 0) is 68.6 Å². The first-order chi connectivity index (χ1) is 18.9. The van der Waals surface area contributed by atoms with Crippen LogP contribution in [-0.2, 0) is 17.5 Å². The molecule has 1 saturated heterocycles. The van der Waals surface area contributed by atoms with E-state index in [-0.39, 0.29) is 25.2 Å². The van der Waals surface area contributed by atoms with Crippen molar-refractivity contribution in [2.75, 3.05) is 31.5 Å². The summed E-state index contributed by atoms with van der Waals surface area (Å²) in [5.74, 6) is -1.43. The van der Waals surface area contributed by atoms with Crippen molar-refractivity contribution in [3.8, 4) is 0 Å². The summed E-state index contributed by atoms with van der Waals surface area (Å²) in [6.45, 7) is 4.50. The second-order valence-electron chi connectivity index (χ2n) is 9.87. The summed E-state index contributed by atoms with van der Waals surface area (Å²) in [6.07, 6.45) is -0.731. The molecule has 40 heavy (non-hydrogen) atoms.